The summed E-state index contributed by atoms with van der Waals surface area (Å²) in [6.07, 6.45) is 19.6. The molecule has 0 amide bonds. The molecular formula is C27H42. The maximum absolute atomic E-state index is 2.77. The van der Waals surface area contributed by atoms with Crippen LogP contribution in [0.4, 0.5) is 0 Å². The van der Waals surface area contributed by atoms with E-state index in [1.165, 1.54) is 25.7 Å². The second kappa shape index (κ2) is 5.46. The number of rotatable bonds is 0. The van der Waals surface area contributed by atoms with Crippen LogP contribution in [0.1, 0.15) is 98.3 Å². The van der Waals surface area contributed by atoms with Gasteiger partial charge < -0.3 is 0 Å². The van der Waals surface area contributed by atoms with Gasteiger partial charge in [-0.05, 0) is 128 Å². The van der Waals surface area contributed by atoms with Crippen molar-refractivity contribution >= 4 is 0 Å². The zero-order chi connectivity index (χ0) is 18.6. The third kappa shape index (κ3) is 2.23. The lowest BCUT2D eigenvalue weighted by molar-refractivity contribution is -0.0540. The highest BCUT2D eigenvalue weighted by Gasteiger charge is 2.65. The minimum absolute atomic E-state index is 0.569. The average Bonchev–Trinajstić information content (AvgIpc) is 3.09. The summed E-state index contributed by atoms with van der Waals surface area (Å²) in [7, 11) is 0. The van der Waals surface area contributed by atoms with E-state index in [9.17, 15) is 0 Å². The van der Waals surface area contributed by atoms with Crippen molar-refractivity contribution in [1.29, 1.82) is 0 Å². The zero-order valence-electron chi connectivity index (χ0n) is 18.4. The predicted molar refractivity (Wildman–Crippen MR) is 113 cm³/mol. The van der Waals surface area contributed by atoms with E-state index in [4.69, 9.17) is 0 Å². The molecule has 0 aromatic heterocycles. The molecule has 5 fully saturated rings. The lowest BCUT2D eigenvalue weighted by Crippen LogP contribution is -2.50. The Bertz CT molecular complexity index is 666. The Morgan fingerprint density at radius 3 is 2.44 bits per heavy atom. The third-order valence-corrected chi connectivity index (χ3v) is 11.7. The third-order valence-electron chi connectivity index (χ3n) is 11.7. The maximum atomic E-state index is 2.77. The van der Waals surface area contributed by atoms with E-state index in [-0.39, 0.29) is 0 Å². The molecule has 1 spiro atoms. The molecule has 0 aromatic carbocycles. The molecule has 0 heterocycles. The molecule has 0 aromatic rings. The highest BCUT2D eigenvalue weighted by atomic mass is 14.7. The van der Waals surface area contributed by atoms with Crippen molar-refractivity contribution in [3.8, 4) is 0 Å². The quantitative estimate of drug-likeness (QED) is 0.386. The predicted octanol–water partition coefficient (Wildman–Crippen LogP) is 7.64. The molecule has 6 rings (SSSR count). The summed E-state index contributed by atoms with van der Waals surface area (Å²) in [6.45, 7) is 10.4. The molecule has 8 atom stereocenters. The molecule has 0 heteroatoms. The molecule has 0 N–H and O–H groups in total. The Labute approximate surface area is 168 Å². The van der Waals surface area contributed by atoms with Crippen LogP contribution in [0.15, 0.2) is 11.6 Å². The van der Waals surface area contributed by atoms with Crippen LogP contribution in [-0.2, 0) is 0 Å². The van der Waals surface area contributed by atoms with E-state index in [1.54, 1.807) is 44.9 Å². The van der Waals surface area contributed by atoms with E-state index in [0.29, 0.717) is 10.8 Å². The van der Waals surface area contributed by atoms with Gasteiger partial charge in [-0.25, -0.2) is 0 Å². The first-order chi connectivity index (χ1) is 12.8. The van der Waals surface area contributed by atoms with E-state index in [2.05, 4.69) is 33.8 Å². The lowest BCUT2D eigenvalue weighted by Gasteiger charge is -2.58. The van der Waals surface area contributed by atoms with Gasteiger partial charge in [-0.2, -0.15) is 0 Å². The maximum Gasteiger partial charge on any atom is -0.00851 e. The van der Waals surface area contributed by atoms with Crippen molar-refractivity contribution in [3.63, 3.8) is 0 Å². The van der Waals surface area contributed by atoms with Gasteiger partial charge in [0.05, 0.1) is 0 Å². The van der Waals surface area contributed by atoms with Gasteiger partial charge in [0.1, 0.15) is 0 Å². The molecule has 150 valence electrons. The fourth-order valence-corrected chi connectivity index (χ4v) is 10.6. The SMILES string of the molecule is CC1CCC2(C)C(=CCC3C2CCC2(C)C4CC5(CC(C)C5)CC4CC32)C1. The molecule has 8 unspecified atom stereocenters. The number of allylic oxidation sites excluding steroid dienone is 2. The number of hydrogen-bond acceptors (Lipinski definition) is 0. The van der Waals surface area contributed by atoms with Crippen LogP contribution in [-0.4, -0.2) is 0 Å². The Hall–Kier alpha value is -0.260. The van der Waals surface area contributed by atoms with Gasteiger partial charge in [0, 0.05) is 0 Å². The summed E-state index contributed by atoms with van der Waals surface area (Å²) in [6, 6.07) is 0. The molecule has 0 nitrogen and oxygen atoms in total. The molecule has 0 aliphatic heterocycles. The molecule has 27 heavy (non-hydrogen) atoms. The fraction of sp³-hybridized carbons (Fsp3) is 0.926. The van der Waals surface area contributed by atoms with E-state index in [1.807, 2.05) is 5.57 Å². The van der Waals surface area contributed by atoms with Gasteiger partial charge in [0.15, 0.2) is 0 Å². The van der Waals surface area contributed by atoms with Gasteiger partial charge in [-0.15, -0.1) is 0 Å². The van der Waals surface area contributed by atoms with Crippen molar-refractivity contribution in [1.82, 2.24) is 0 Å². The molecule has 6 aliphatic carbocycles. The van der Waals surface area contributed by atoms with E-state index in [0.717, 1.165) is 46.8 Å². The van der Waals surface area contributed by atoms with Crippen LogP contribution in [0, 0.1) is 57.7 Å². The summed E-state index contributed by atoms with van der Waals surface area (Å²) in [5, 5.41) is 0. The van der Waals surface area contributed by atoms with Crippen molar-refractivity contribution in [2.24, 2.45) is 57.7 Å². The first kappa shape index (κ1) is 17.6. The Morgan fingerprint density at radius 2 is 1.67 bits per heavy atom. The first-order valence-electron chi connectivity index (χ1n) is 12.5. The smallest absolute Gasteiger partial charge is 0.00851 e. The van der Waals surface area contributed by atoms with Crippen LogP contribution in [0.2, 0.25) is 0 Å². The Kier molecular flexibility index (Phi) is 3.55. The molecule has 0 saturated heterocycles. The van der Waals surface area contributed by atoms with Gasteiger partial charge in [0.2, 0.25) is 0 Å². The van der Waals surface area contributed by atoms with Crippen molar-refractivity contribution < 1.29 is 0 Å². The first-order valence-corrected chi connectivity index (χ1v) is 12.5. The van der Waals surface area contributed by atoms with Gasteiger partial charge in [0.25, 0.3) is 0 Å². The van der Waals surface area contributed by atoms with Crippen LogP contribution >= 0.6 is 0 Å². The summed E-state index contributed by atoms with van der Waals surface area (Å²) in [4.78, 5) is 0. The lowest BCUT2D eigenvalue weighted by atomic mass is 9.46. The number of fused-ring (bicyclic) bond motifs is 7. The van der Waals surface area contributed by atoms with Crippen molar-refractivity contribution in [3.05, 3.63) is 11.6 Å². The second-order valence-electron chi connectivity index (χ2n) is 13.2. The van der Waals surface area contributed by atoms with Crippen LogP contribution in [0.5, 0.6) is 0 Å². The van der Waals surface area contributed by atoms with Crippen LogP contribution < -0.4 is 0 Å². The topological polar surface area (TPSA) is 0 Å². The molecule has 5 saturated carbocycles. The van der Waals surface area contributed by atoms with Crippen molar-refractivity contribution in [2.75, 3.05) is 0 Å². The van der Waals surface area contributed by atoms with Gasteiger partial charge in [-0.3, -0.25) is 0 Å². The molecule has 0 bridgehead atoms. The highest BCUT2D eigenvalue weighted by Crippen LogP contribution is 2.74. The minimum atomic E-state index is 0.569. The summed E-state index contributed by atoms with van der Waals surface area (Å²) in [5.74, 6) is 7.22. The van der Waals surface area contributed by atoms with Crippen molar-refractivity contribution in [2.45, 2.75) is 98.3 Å². The summed E-state index contributed by atoms with van der Waals surface area (Å²) >= 11 is 0. The number of hydrogen-bond donors (Lipinski definition) is 0. The normalized spacial score (nSPS) is 61.5. The minimum Gasteiger partial charge on any atom is -0.0845 e. The zero-order valence-corrected chi connectivity index (χ0v) is 18.4. The molecule has 0 radical (unpaired) electrons. The van der Waals surface area contributed by atoms with Crippen LogP contribution in [0.25, 0.3) is 0 Å². The molecule has 6 aliphatic rings. The summed E-state index contributed by atoms with van der Waals surface area (Å²) in [5.41, 5.74) is 3.95. The molecular weight excluding hydrogens is 324 g/mol. The highest BCUT2D eigenvalue weighted by molar-refractivity contribution is 5.25. The van der Waals surface area contributed by atoms with Crippen LogP contribution in [0.3, 0.4) is 0 Å². The Morgan fingerprint density at radius 1 is 0.852 bits per heavy atom. The fourth-order valence-electron chi connectivity index (χ4n) is 10.6. The summed E-state index contributed by atoms with van der Waals surface area (Å²) < 4.78 is 0. The van der Waals surface area contributed by atoms with Gasteiger partial charge in [-0.1, -0.05) is 39.3 Å². The largest absolute Gasteiger partial charge is 0.0845 e. The van der Waals surface area contributed by atoms with Gasteiger partial charge >= 0.3 is 0 Å². The standard InChI is InChI=1S/C27H42/c1-17-7-9-25(3)20(11-17)5-6-21-22(25)8-10-26(4)23(21)12-19-15-27(16-24(19)26)13-18(2)14-27/h5,17-19,21-24H,6-16H2,1-4H3. The average molecular weight is 367 g/mol. The second-order valence-corrected chi connectivity index (χ2v) is 13.2. The monoisotopic (exact) mass is 366 g/mol. The van der Waals surface area contributed by atoms with E-state index >= 15 is 0 Å². The Balaban J connectivity index is 1.28. The van der Waals surface area contributed by atoms with E-state index < -0.39 is 0 Å².